The van der Waals surface area contributed by atoms with Crippen molar-refractivity contribution in [3.8, 4) is 0 Å². The van der Waals surface area contributed by atoms with Crippen molar-refractivity contribution >= 4 is 11.8 Å². The SMILES string of the molecule is CC1CCC2(CC1)OC[C@@H](C(=O)NCc1ccco1)N2C(=O)C1CCCC1. The Morgan fingerprint density at radius 3 is 2.63 bits per heavy atom. The van der Waals surface area contributed by atoms with Crippen LogP contribution >= 0.6 is 0 Å². The average Bonchev–Trinajstić information content (AvgIpc) is 3.43. The summed E-state index contributed by atoms with van der Waals surface area (Å²) < 4.78 is 11.5. The molecule has 0 radical (unpaired) electrons. The molecular formula is C21H30N2O4. The summed E-state index contributed by atoms with van der Waals surface area (Å²) in [5.41, 5.74) is -0.584. The predicted octanol–water partition coefficient (Wildman–Crippen LogP) is 3.22. The summed E-state index contributed by atoms with van der Waals surface area (Å²) in [7, 11) is 0. The third-order valence-corrected chi connectivity index (χ3v) is 6.58. The Labute approximate surface area is 160 Å². The predicted molar refractivity (Wildman–Crippen MR) is 99.5 cm³/mol. The summed E-state index contributed by atoms with van der Waals surface area (Å²) in [6, 6.07) is 3.09. The van der Waals surface area contributed by atoms with Gasteiger partial charge >= 0.3 is 0 Å². The highest BCUT2D eigenvalue weighted by atomic mass is 16.5. The van der Waals surface area contributed by atoms with Crippen LogP contribution in [-0.4, -0.2) is 35.1 Å². The molecule has 3 fully saturated rings. The van der Waals surface area contributed by atoms with Crippen LogP contribution in [0.4, 0.5) is 0 Å². The van der Waals surface area contributed by atoms with Gasteiger partial charge in [-0.2, -0.15) is 0 Å². The van der Waals surface area contributed by atoms with Gasteiger partial charge in [0.05, 0.1) is 19.4 Å². The van der Waals surface area contributed by atoms with Gasteiger partial charge in [0.2, 0.25) is 11.8 Å². The first-order valence-electron chi connectivity index (χ1n) is 10.4. The molecule has 1 N–H and O–H groups in total. The molecule has 1 aromatic heterocycles. The molecule has 1 atom stereocenters. The molecule has 1 saturated heterocycles. The van der Waals surface area contributed by atoms with Crippen LogP contribution in [-0.2, 0) is 20.9 Å². The van der Waals surface area contributed by atoms with Crippen LogP contribution in [0, 0.1) is 11.8 Å². The minimum atomic E-state index is -0.584. The zero-order valence-corrected chi connectivity index (χ0v) is 16.1. The standard InChI is InChI=1S/C21H30N2O4/c1-15-8-10-21(11-9-15)23(20(25)16-5-2-3-6-16)18(14-27-21)19(24)22-13-17-7-4-12-26-17/h4,7,12,15-16,18H,2-3,5-6,8-11,13-14H2,1H3,(H,22,24)/t15?,18-,21?/m0/s1. The normalized spacial score (nSPS) is 31.5. The molecule has 1 aromatic rings. The van der Waals surface area contributed by atoms with E-state index in [1.54, 1.807) is 12.3 Å². The summed E-state index contributed by atoms with van der Waals surface area (Å²) in [6.45, 7) is 2.87. The summed E-state index contributed by atoms with van der Waals surface area (Å²) in [6.07, 6.45) is 9.39. The second-order valence-electron chi connectivity index (χ2n) is 8.44. The van der Waals surface area contributed by atoms with Gasteiger partial charge in [0.25, 0.3) is 0 Å². The second-order valence-corrected chi connectivity index (χ2v) is 8.44. The minimum absolute atomic E-state index is 0.0447. The van der Waals surface area contributed by atoms with Gasteiger partial charge in [-0.15, -0.1) is 0 Å². The van der Waals surface area contributed by atoms with Crippen LogP contribution in [0.15, 0.2) is 22.8 Å². The van der Waals surface area contributed by atoms with Gasteiger partial charge in [-0.3, -0.25) is 14.5 Å². The fourth-order valence-electron chi connectivity index (χ4n) is 4.88. The lowest BCUT2D eigenvalue weighted by Crippen LogP contribution is -2.58. The summed E-state index contributed by atoms with van der Waals surface area (Å²) in [5, 5.41) is 2.93. The first-order chi connectivity index (χ1) is 13.1. The van der Waals surface area contributed by atoms with Crippen molar-refractivity contribution in [2.24, 2.45) is 11.8 Å². The van der Waals surface area contributed by atoms with E-state index in [0.29, 0.717) is 18.2 Å². The Morgan fingerprint density at radius 2 is 1.96 bits per heavy atom. The lowest BCUT2D eigenvalue weighted by molar-refractivity contribution is -0.165. The number of furan rings is 1. The smallest absolute Gasteiger partial charge is 0.245 e. The lowest BCUT2D eigenvalue weighted by Gasteiger charge is -2.43. The van der Waals surface area contributed by atoms with Crippen molar-refractivity contribution < 1.29 is 18.7 Å². The maximum Gasteiger partial charge on any atom is 0.245 e. The van der Waals surface area contributed by atoms with E-state index in [0.717, 1.165) is 51.4 Å². The first kappa shape index (κ1) is 18.5. The lowest BCUT2D eigenvalue weighted by atomic mass is 9.83. The third kappa shape index (κ3) is 3.64. The number of carbonyl (C=O) groups is 2. The maximum atomic E-state index is 13.4. The van der Waals surface area contributed by atoms with Crippen LogP contribution < -0.4 is 5.32 Å². The van der Waals surface area contributed by atoms with Crippen molar-refractivity contribution in [2.75, 3.05) is 6.61 Å². The van der Waals surface area contributed by atoms with Crippen molar-refractivity contribution in [3.05, 3.63) is 24.2 Å². The number of nitrogens with one attached hydrogen (secondary N) is 1. The van der Waals surface area contributed by atoms with Crippen LogP contribution in [0.25, 0.3) is 0 Å². The summed E-state index contributed by atoms with van der Waals surface area (Å²) in [4.78, 5) is 28.2. The van der Waals surface area contributed by atoms with Gasteiger partial charge < -0.3 is 14.5 Å². The van der Waals surface area contributed by atoms with E-state index in [4.69, 9.17) is 9.15 Å². The van der Waals surface area contributed by atoms with E-state index < -0.39 is 11.8 Å². The van der Waals surface area contributed by atoms with E-state index in [1.807, 2.05) is 11.0 Å². The first-order valence-corrected chi connectivity index (χ1v) is 10.4. The van der Waals surface area contributed by atoms with Crippen LogP contribution in [0.2, 0.25) is 0 Å². The topological polar surface area (TPSA) is 71.8 Å². The molecule has 2 saturated carbocycles. The van der Waals surface area contributed by atoms with E-state index in [9.17, 15) is 9.59 Å². The Morgan fingerprint density at radius 1 is 1.22 bits per heavy atom. The van der Waals surface area contributed by atoms with Crippen molar-refractivity contribution in [1.82, 2.24) is 10.2 Å². The fourth-order valence-corrected chi connectivity index (χ4v) is 4.88. The molecule has 1 aliphatic heterocycles. The van der Waals surface area contributed by atoms with Gasteiger partial charge in [0.1, 0.15) is 17.5 Å². The maximum absolute atomic E-state index is 13.4. The molecule has 0 aromatic carbocycles. The number of carbonyl (C=O) groups excluding carboxylic acids is 2. The van der Waals surface area contributed by atoms with Crippen molar-refractivity contribution in [1.29, 1.82) is 0 Å². The van der Waals surface area contributed by atoms with Crippen molar-refractivity contribution in [3.63, 3.8) is 0 Å². The number of hydrogen-bond acceptors (Lipinski definition) is 4. The molecule has 0 unspecified atom stereocenters. The monoisotopic (exact) mass is 374 g/mol. The van der Waals surface area contributed by atoms with Crippen LogP contribution in [0.1, 0.15) is 64.1 Å². The van der Waals surface area contributed by atoms with E-state index in [2.05, 4.69) is 12.2 Å². The second kappa shape index (κ2) is 7.66. The summed E-state index contributed by atoms with van der Waals surface area (Å²) in [5.74, 6) is 1.38. The van der Waals surface area contributed by atoms with Gasteiger partial charge in [0, 0.05) is 5.92 Å². The number of amides is 2. The highest BCUT2D eigenvalue weighted by Crippen LogP contribution is 2.44. The Hall–Kier alpha value is -1.82. The Bertz CT molecular complexity index is 658. The molecule has 2 amide bonds. The molecule has 2 aliphatic carbocycles. The quantitative estimate of drug-likeness (QED) is 0.878. The molecule has 6 nitrogen and oxygen atoms in total. The van der Waals surface area contributed by atoms with Gasteiger partial charge in [0.15, 0.2) is 0 Å². The highest BCUT2D eigenvalue weighted by Gasteiger charge is 2.54. The van der Waals surface area contributed by atoms with E-state index in [1.165, 1.54) is 0 Å². The number of rotatable bonds is 4. The van der Waals surface area contributed by atoms with Crippen LogP contribution in [0.3, 0.4) is 0 Å². The zero-order valence-electron chi connectivity index (χ0n) is 16.1. The van der Waals surface area contributed by atoms with Gasteiger partial charge in [-0.25, -0.2) is 0 Å². The largest absolute Gasteiger partial charge is 0.467 e. The molecule has 1 spiro atoms. The van der Waals surface area contributed by atoms with E-state index >= 15 is 0 Å². The molecule has 0 bridgehead atoms. The molecule has 3 aliphatic rings. The van der Waals surface area contributed by atoms with Crippen LogP contribution in [0.5, 0.6) is 0 Å². The average molecular weight is 374 g/mol. The molecule has 148 valence electrons. The highest BCUT2D eigenvalue weighted by molar-refractivity contribution is 5.89. The third-order valence-electron chi connectivity index (χ3n) is 6.58. The Balaban J connectivity index is 1.52. The van der Waals surface area contributed by atoms with Crippen molar-refractivity contribution in [2.45, 2.75) is 76.6 Å². The minimum Gasteiger partial charge on any atom is -0.467 e. The molecular weight excluding hydrogens is 344 g/mol. The number of nitrogens with zero attached hydrogens (tertiary/aromatic N) is 1. The Kier molecular flexibility index (Phi) is 5.26. The fraction of sp³-hybridized carbons (Fsp3) is 0.714. The summed E-state index contributed by atoms with van der Waals surface area (Å²) >= 11 is 0. The number of hydrogen-bond donors (Lipinski definition) is 1. The van der Waals surface area contributed by atoms with Gasteiger partial charge in [-0.05, 0) is 56.6 Å². The molecule has 27 heavy (non-hydrogen) atoms. The molecule has 6 heteroatoms. The van der Waals surface area contributed by atoms with E-state index in [-0.39, 0.29) is 24.3 Å². The number of ether oxygens (including phenoxy) is 1. The van der Waals surface area contributed by atoms with Gasteiger partial charge in [-0.1, -0.05) is 19.8 Å². The zero-order chi connectivity index (χ0) is 18.9. The molecule has 4 rings (SSSR count). The molecule has 2 heterocycles.